The first kappa shape index (κ1) is 12.6. The molecular weight excluding hydrogens is 227 g/mol. The molecule has 0 bridgehead atoms. The number of hydrogen-bond acceptors (Lipinski definition) is 2. The highest BCUT2D eigenvalue weighted by Gasteiger charge is 2.02. The van der Waals surface area contributed by atoms with Crippen molar-refractivity contribution < 1.29 is 4.39 Å². The fourth-order valence-electron chi connectivity index (χ4n) is 1.81. The Bertz CT molecular complexity index is 521. The standard InChI is InChI=1S/C15H17FN2/c1-11-2-4-12(5-3-11)10-18-15-7-6-14(16)8-13(15)9-17/h2-8,18H,9-10,17H2,1H3. The molecule has 0 saturated carbocycles. The molecule has 0 aromatic heterocycles. The zero-order chi connectivity index (χ0) is 13.0. The molecule has 0 aliphatic heterocycles. The van der Waals surface area contributed by atoms with E-state index in [0.717, 1.165) is 11.3 Å². The van der Waals surface area contributed by atoms with Gasteiger partial charge in [0.05, 0.1) is 0 Å². The molecule has 0 fully saturated rings. The number of anilines is 1. The highest BCUT2D eigenvalue weighted by atomic mass is 19.1. The summed E-state index contributed by atoms with van der Waals surface area (Å²) in [5, 5.41) is 3.28. The molecule has 0 amide bonds. The van der Waals surface area contributed by atoms with E-state index in [4.69, 9.17) is 5.73 Å². The second-order valence-electron chi connectivity index (χ2n) is 4.34. The Hall–Kier alpha value is -1.87. The van der Waals surface area contributed by atoms with Crippen molar-refractivity contribution in [3.8, 4) is 0 Å². The summed E-state index contributed by atoms with van der Waals surface area (Å²) in [6.07, 6.45) is 0. The number of aryl methyl sites for hydroxylation is 1. The molecule has 0 radical (unpaired) electrons. The van der Waals surface area contributed by atoms with Crippen LogP contribution < -0.4 is 11.1 Å². The lowest BCUT2D eigenvalue weighted by Gasteiger charge is -2.11. The predicted octanol–water partition coefficient (Wildman–Crippen LogP) is 3.20. The lowest BCUT2D eigenvalue weighted by molar-refractivity contribution is 0.625. The summed E-state index contributed by atoms with van der Waals surface area (Å²) in [5.41, 5.74) is 9.71. The van der Waals surface area contributed by atoms with Gasteiger partial charge in [-0.05, 0) is 36.2 Å². The third-order valence-corrected chi connectivity index (χ3v) is 2.89. The van der Waals surface area contributed by atoms with E-state index < -0.39 is 0 Å². The van der Waals surface area contributed by atoms with E-state index >= 15 is 0 Å². The van der Waals surface area contributed by atoms with Crippen LogP contribution in [0.2, 0.25) is 0 Å². The number of benzene rings is 2. The minimum atomic E-state index is -0.253. The second kappa shape index (κ2) is 5.65. The van der Waals surface area contributed by atoms with Crippen LogP contribution in [0.1, 0.15) is 16.7 Å². The molecule has 2 aromatic rings. The van der Waals surface area contributed by atoms with E-state index in [1.54, 1.807) is 6.07 Å². The summed E-state index contributed by atoms with van der Waals surface area (Å²) in [7, 11) is 0. The third-order valence-electron chi connectivity index (χ3n) is 2.89. The van der Waals surface area contributed by atoms with E-state index in [9.17, 15) is 4.39 Å². The molecule has 0 aliphatic rings. The van der Waals surface area contributed by atoms with Crippen molar-refractivity contribution >= 4 is 5.69 Å². The average Bonchev–Trinajstić information content (AvgIpc) is 2.39. The highest BCUT2D eigenvalue weighted by molar-refractivity contribution is 5.51. The summed E-state index contributed by atoms with van der Waals surface area (Å²) in [5.74, 6) is -0.253. The largest absolute Gasteiger partial charge is 0.381 e. The topological polar surface area (TPSA) is 38.0 Å². The molecule has 2 nitrogen and oxygen atoms in total. The number of nitrogens with one attached hydrogen (secondary N) is 1. The van der Waals surface area contributed by atoms with Gasteiger partial charge in [0.15, 0.2) is 0 Å². The smallest absolute Gasteiger partial charge is 0.123 e. The number of rotatable bonds is 4. The number of hydrogen-bond donors (Lipinski definition) is 2. The van der Waals surface area contributed by atoms with Crippen molar-refractivity contribution in [2.45, 2.75) is 20.0 Å². The van der Waals surface area contributed by atoms with E-state index in [1.165, 1.54) is 23.3 Å². The maximum Gasteiger partial charge on any atom is 0.123 e. The molecule has 0 saturated heterocycles. The first-order valence-electron chi connectivity index (χ1n) is 5.97. The van der Waals surface area contributed by atoms with Crippen molar-refractivity contribution in [2.75, 3.05) is 5.32 Å². The third kappa shape index (κ3) is 3.08. The van der Waals surface area contributed by atoms with Crippen LogP contribution in [0.4, 0.5) is 10.1 Å². The van der Waals surface area contributed by atoms with Crippen LogP contribution in [0, 0.1) is 12.7 Å². The molecule has 2 aromatic carbocycles. The lowest BCUT2D eigenvalue weighted by Crippen LogP contribution is -2.06. The molecule has 18 heavy (non-hydrogen) atoms. The molecule has 0 heterocycles. The van der Waals surface area contributed by atoms with Crippen molar-refractivity contribution in [3.05, 3.63) is 65.0 Å². The maximum absolute atomic E-state index is 13.1. The Kier molecular flexibility index (Phi) is 3.95. The first-order valence-corrected chi connectivity index (χ1v) is 5.97. The van der Waals surface area contributed by atoms with Gasteiger partial charge in [-0.15, -0.1) is 0 Å². The van der Waals surface area contributed by atoms with Crippen LogP contribution in [0.3, 0.4) is 0 Å². The van der Waals surface area contributed by atoms with Crippen molar-refractivity contribution in [3.63, 3.8) is 0 Å². The molecule has 0 spiro atoms. The summed E-state index contributed by atoms with van der Waals surface area (Å²) >= 11 is 0. The summed E-state index contributed by atoms with van der Waals surface area (Å²) in [4.78, 5) is 0. The van der Waals surface area contributed by atoms with Crippen LogP contribution >= 0.6 is 0 Å². The van der Waals surface area contributed by atoms with Gasteiger partial charge in [0.2, 0.25) is 0 Å². The van der Waals surface area contributed by atoms with E-state index in [0.29, 0.717) is 13.1 Å². The zero-order valence-corrected chi connectivity index (χ0v) is 10.4. The minimum absolute atomic E-state index is 0.253. The number of nitrogens with two attached hydrogens (primary N) is 1. The highest BCUT2D eigenvalue weighted by Crippen LogP contribution is 2.17. The zero-order valence-electron chi connectivity index (χ0n) is 10.4. The lowest BCUT2D eigenvalue weighted by atomic mass is 10.1. The number of halogens is 1. The van der Waals surface area contributed by atoms with Gasteiger partial charge in [0, 0.05) is 18.8 Å². The Morgan fingerprint density at radius 3 is 2.50 bits per heavy atom. The summed E-state index contributed by atoms with van der Waals surface area (Å²) in [6, 6.07) is 12.9. The monoisotopic (exact) mass is 244 g/mol. The Morgan fingerprint density at radius 1 is 1.11 bits per heavy atom. The summed E-state index contributed by atoms with van der Waals surface area (Å²) < 4.78 is 13.1. The van der Waals surface area contributed by atoms with Gasteiger partial charge in [0.1, 0.15) is 5.82 Å². The molecule has 0 aliphatic carbocycles. The van der Waals surface area contributed by atoms with E-state index in [-0.39, 0.29) is 5.82 Å². The van der Waals surface area contributed by atoms with Crippen LogP contribution in [0.5, 0.6) is 0 Å². The van der Waals surface area contributed by atoms with Crippen LogP contribution in [-0.4, -0.2) is 0 Å². The van der Waals surface area contributed by atoms with Gasteiger partial charge in [-0.25, -0.2) is 4.39 Å². The fourth-order valence-corrected chi connectivity index (χ4v) is 1.81. The Balaban J connectivity index is 2.08. The molecule has 2 rings (SSSR count). The summed E-state index contributed by atoms with van der Waals surface area (Å²) in [6.45, 7) is 3.09. The average molecular weight is 244 g/mol. The molecule has 0 unspecified atom stereocenters. The van der Waals surface area contributed by atoms with Gasteiger partial charge in [-0.3, -0.25) is 0 Å². The van der Waals surface area contributed by atoms with E-state index in [2.05, 4.69) is 36.5 Å². The van der Waals surface area contributed by atoms with Gasteiger partial charge in [-0.1, -0.05) is 29.8 Å². The van der Waals surface area contributed by atoms with Gasteiger partial charge >= 0.3 is 0 Å². The maximum atomic E-state index is 13.1. The molecule has 94 valence electrons. The van der Waals surface area contributed by atoms with Crippen LogP contribution in [0.15, 0.2) is 42.5 Å². The quantitative estimate of drug-likeness (QED) is 0.866. The second-order valence-corrected chi connectivity index (χ2v) is 4.34. The van der Waals surface area contributed by atoms with Crippen molar-refractivity contribution in [1.29, 1.82) is 0 Å². The molecule has 3 heteroatoms. The van der Waals surface area contributed by atoms with Crippen molar-refractivity contribution in [1.82, 2.24) is 0 Å². The van der Waals surface area contributed by atoms with Crippen LogP contribution in [-0.2, 0) is 13.1 Å². The van der Waals surface area contributed by atoms with E-state index in [1.807, 2.05) is 0 Å². The molecular formula is C15H17FN2. The Morgan fingerprint density at radius 2 is 1.83 bits per heavy atom. The van der Waals surface area contributed by atoms with Crippen molar-refractivity contribution in [2.24, 2.45) is 5.73 Å². The molecule has 3 N–H and O–H groups in total. The Labute approximate surface area is 107 Å². The van der Waals surface area contributed by atoms with Gasteiger partial charge < -0.3 is 11.1 Å². The normalized spacial score (nSPS) is 10.4. The van der Waals surface area contributed by atoms with Gasteiger partial charge in [0.25, 0.3) is 0 Å². The van der Waals surface area contributed by atoms with Gasteiger partial charge in [-0.2, -0.15) is 0 Å². The van der Waals surface area contributed by atoms with Crippen LogP contribution in [0.25, 0.3) is 0 Å². The fraction of sp³-hybridized carbons (Fsp3) is 0.200. The SMILES string of the molecule is Cc1ccc(CNc2ccc(F)cc2CN)cc1. The predicted molar refractivity (Wildman–Crippen MR) is 72.8 cm³/mol. The minimum Gasteiger partial charge on any atom is -0.381 e. The molecule has 0 atom stereocenters. The first-order chi connectivity index (χ1) is 8.69.